The highest BCUT2D eigenvalue weighted by molar-refractivity contribution is 5.92. The molecule has 1 aromatic carbocycles. The first-order valence-electron chi connectivity index (χ1n) is 7.60. The molecule has 0 aromatic heterocycles. The molecule has 1 aliphatic rings. The Labute approximate surface area is 126 Å². The molecule has 2 rings (SSSR count). The van der Waals surface area contributed by atoms with Crippen molar-refractivity contribution in [3.8, 4) is 5.75 Å². The second-order valence-electron chi connectivity index (χ2n) is 5.19. The van der Waals surface area contributed by atoms with E-state index in [0.717, 1.165) is 37.2 Å². The number of amides is 1. The van der Waals surface area contributed by atoms with E-state index in [1.807, 2.05) is 49.2 Å². The van der Waals surface area contributed by atoms with Crippen molar-refractivity contribution in [2.45, 2.75) is 25.8 Å². The summed E-state index contributed by atoms with van der Waals surface area (Å²) >= 11 is 0. The number of nitrogens with one attached hydrogen (secondary N) is 1. The number of likely N-dealkylation sites (tertiary alicyclic amines) is 1. The molecule has 0 saturated carbocycles. The summed E-state index contributed by atoms with van der Waals surface area (Å²) in [7, 11) is 1.98. The molecule has 0 unspecified atom stereocenters. The Morgan fingerprint density at radius 1 is 1.38 bits per heavy atom. The van der Waals surface area contributed by atoms with E-state index in [1.165, 1.54) is 0 Å². The van der Waals surface area contributed by atoms with Crippen LogP contribution in [-0.2, 0) is 4.79 Å². The molecule has 0 aliphatic carbocycles. The summed E-state index contributed by atoms with van der Waals surface area (Å²) in [5.41, 5.74) is 0.942. The number of carbonyl (C=O) groups is 1. The fraction of sp³-hybridized carbons (Fsp3) is 0.471. The Kier molecular flexibility index (Phi) is 5.81. The number of hydrogen-bond donors (Lipinski definition) is 1. The van der Waals surface area contributed by atoms with Crippen LogP contribution in [0.15, 0.2) is 30.3 Å². The minimum Gasteiger partial charge on any atom is -0.493 e. The molecule has 4 nitrogen and oxygen atoms in total. The molecule has 1 saturated heterocycles. The third-order valence-electron chi connectivity index (χ3n) is 3.84. The third-order valence-corrected chi connectivity index (χ3v) is 3.84. The van der Waals surface area contributed by atoms with Gasteiger partial charge in [-0.25, -0.2) is 0 Å². The molecule has 1 aromatic rings. The van der Waals surface area contributed by atoms with Crippen LogP contribution in [0.1, 0.15) is 25.3 Å². The lowest BCUT2D eigenvalue weighted by molar-refractivity contribution is -0.127. The number of hydrogen-bond acceptors (Lipinski definition) is 3. The predicted molar refractivity (Wildman–Crippen MR) is 85.3 cm³/mol. The molecule has 1 fully saturated rings. The van der Waals surface area contributed by atoms with Crippen molar-refractivity contribution in [3.05, 3.63) is 35.9 Å². The fourth-order valence-electron chi connectivity index (χ4n) is 2.56. The van der Waals surface area contributed by atoms with Gasteiger partial charge in [0, 0.05) is 30.8 Å². The van der Waals surface area contributed by atoms with Gasteiger partial charge >= 0.3 is 0 Å². The monoisotopic (exact) mass is 288 g/mol. The first-order chi connectivity index (χ1) is 10.2. The maximum Gasteiger partial charge on any atom is 0.246 e. The van der Waals surface area contributed by atoms with Crippen LogP contribution in [0.2, 0.25) is 0 Å². The third kappa shape index (κ3) is 4.33. The zero-order valence-electron chi connectivity index (χ0n) is 12.8. The topological polar surface area (TPSA) is 41.6 Å². The van der Waals surface area contributed by atoms with Crippen LogP contribution >= 0.6 is 0 Å². The highest BCUT2D eigenvalue weighted by atomic mass is 16.5. The molecule has 0 radical (unpaired) electrons. The van der Waals surface area contributed by atoms with Gasteiger partial charge in [-0.2, -0.15) is 0 Å². The quantitative estimate of drug-likeness (QED) is 0.845. The predicted octanol–water partition coefficient (Wildman–Crippen LogP) is 2.31. The number of ether oxygens (including phenoxy) is 1. The van der Waals surface area contributed by atoms with Crippen LogP contribution in [0.4, 0.5) is 0 Å². The number of carbonyl (C=O) groups excluding carboxylic acids is 1. The first-order valence-corrected chi connectivity index (χ1v) is 7.60. The molecule has 114 valence electrons. The Morgan fingerprint density at radius 3 is 2.76 bits per heavy atom. The minimum absolute atomic E-state index is 0.0795. The molecular formula is C17H24N2O2. The summed E-state index contributed by atoms with van der Waals surface area (Å²) < 4.78 is 5.56. The van der Waals surface area contributed by atoms with Crippen molar-refractivity contribution in [2.24, 2.45) is 0 Å². The maximum atomic E-state index is 12.2. The zero-order chi connectivity index (χ0) is 15.1. The molecule has 1 aliphatic heterocycles. The summed E-state index contributed by atoms with van der Waals surface area (Å²) in [4.78, 5) is 14.1. The lowest BCUT2D eigenvalue weighted by atomic mass is 10.1. The number of para-hydroxylation sites is 1. The number of benzene rings is 1. The van der Waals surface area contributed by atoms with Gasteiger partial charge in [0.1, 0.15) is 5.75 Å². The Hall–Kier alpha value is -1.81. The van der Waals surface area contributed by atoms with Crippen molar-refractivity contribution in [3.63, 3.8) is 0 Å². The number of nitrogens with zero attached hydrogens (tertiary/aromatic N) is 1. The molecule has 1 amide bonds. The van der Waals surface area contributed by atoms with Gasteiger partial charge < -0.3 is 15.0 Å². The molecular weight excluding hydrogens is 264 g/mol. The van der Waals surface area contributed by atoms with E-state index in [-0.39, 0.29) is 5.91 Å². The highest BCUT2D eigenvalue weighted by Crippen LogP contribution is 2.19. The molecule has 1 N–H and O–H groups in total. The van der Waals surface area contributed by atoms with Gasteiger partial charge in [-0.1, -0.05) is 18.2 Å². The summed E-state index contributed by atoms with van der Waals surface area (Å²) in [5, 5.41) is 3.27. The number of piperidine rings is 1. The van der Waals surface area contributed by atoms with E-state index >= 15 is 0 Å². The largest absolute Gasteiger partial charge is 0.493 e. The van der Waals surface area contributed by atoms with E-state index < -0.39 is 0 Å². The maximum absolute atomic E-state index is 12.2. The Balaban J connectivity index is 1.96. The molecule has 0 bridgehead atoms. The van der Waals surface area contributed by atoms with Crippen LogP contribution in [0.5, 0.6) is 5.75 Å². The van der Waals surface area contributed by atoms with Gasteiger partial charge in [-0.3, -0.25) is 4.79 Å². The van der Waals surface area contributed by atoms with Gasteiger partial charge in [-0.15, -0.1) is 0 Å². The van der Waals surface area contributed by atoms with Crippen LogP contribution in [0, 0.1) is 0 Å². The number of rotatable bonds is 5. The Morgan fingerprint density at radius 2 is 2.10 bits per heavy atom. The van der Waals surface area contributed by atoms with Crippen molar-refractivity contribution in [2.75, 3.05) is 26.7 Å². The van der Waals surface area contributed by atoms with Crippen LogP contribution in [0.3, 0.4) is 0 Å². The lowest BCUT2D eigenvalue weighted by Gasteiger charge is -2.31. The van der Waals surface area contributed by atoms with Crippen molar-refractivity contribution in [1.82, 2.24) is 10.2 Å². The smallest absolute Gasteiger partial charge is 0.246 e. The summed E-state index contributed by atoms with van der Waals surface area (Å²) in [5.74, 6) is 0.897. The van der Waals surface area contributed by atoms with Gasteiger partial charge in [0.2, 0.25) is 5.91 Å². The minimum atomic E-state index is 0.0795. The second-order valence-corrected chi connectivity index (χ2v) is 5.19. The van der Waals surface area contributed by atoms with Gasteiger partial charge in [-0.05, 0) is 39.0 Å². The summed E-state index contributed by atoms with van der Waals surface area (Å²) in [6.45, 7) is 4.22. The van der Waals surface area contributed by atoms with E-state index in [4.69, 9.17) is 4.74 Å². The molecule has 0 atom stereocenters. The summed E-state index contributed by atoms with van der Waals surface area (Å²) in [6, 6.07) is 8.31. The van der Waals surface area contributed by atoms with Gasteiger partial charge in [0.15, 0.2) is 0 Å². The average molecular weight is 288 g/mol. The molecule has 21 heavy (non-hydrogen) atoms. The zero-order valence-corrected chi connectivity index (χ0v) is 12.8. The van der Waals surface area contributed by atoms with E-state index in [2.05, 4.69) is 5.32 Å². The summed E-state index contributed by atoms with van der Waals surface area (Å²) in [6.07, 6.45) is 5.53. The van der Waals surface area contributed by atoms with Gasteiger partial charge in [0.05, 0.1) is 6.61 Å². The van der Waals surface area contributed by atoms with Crippen molar-refractivity contribution in [1.29, 1.82) is 0 Å². The van der Waals surface area contributed by atoms with Crippen LogP contribution in [-0.4, -0.2) is 43.6 Å². The van der Waals surface area contributed by atoms with E-state index in [1.54, 1.807) is 6.08 Å². The van der Waals surface area contributed by atoms with E-state index in [0.29, 0.717) is 12.6 Å². The highest BCUT2D eigenvalue weighted by Gasteiger charge is 2.20. The Bertz CT molecular complexity index is 491. The standard InChI is InChI=1S/C17H24N2O2/c1-3-21-16-7-5-4-6-14(16)8-9-17(20)19-12-10-15(18-2)11-13-19/h4-9,15,18H,3,10-13H2,1-2H3/b9-8+. The molecule has 1 heterocycles. The molecule has 4 heteroatoms. The van der Waals surface area contributed by atoms with Crippen molar-refractivity contribution < 1.29 is 9.53 Å². The van der Waals surface area contributed by atoms with Gasteiger partial charge in [0.25, 0.3) is 0 Å². The SMILES string of the molecule is CCOc1ccccc1/C=C/C(=O)N1CCC(NC)CC1. The first kappa shape index (κ1) is 15.6. The van der Waals surface area contributed by atoms with E-state index in [9.17, 15) is 4.79 Å². The second kappa shape index (κ2) is 7.84. The normalized spacial score (nSPS) is 16.4. The van der Waals surface area contributed by atoms with Crippen molar-refractivity contribution >= 4 is 12.0 Å². The van der Waals surface area contributed by atoms with Crippen LogP contribution in [0.25, 0.3) is 6.08 Å². The lowest BCUT2D eigenvalue weighted by Crippen LogP contribution is -2.43. The average Bonchev–Trinajstić information content (AvgIpc) is 2.54. The molecule has 0 spiro atoms. The fourth-order valence-corrected chi connectivity index (χ4v) is 2.56. The van der Waals surface area contributed by atoms with Crippen LogP contribution < -0.4 is 10.1 Å².